The van der Waals surface area contributed by atoms with Crippen molar-refractivity contribution in [3.05, 3.63) is 18.3 Å². The Bertz CT molecular complexity index is 410. The molecule has 2 saturated heterocycles. The Kier molecular flexibility index (Phi) is 3.87. The Morgan fingerprint density at radius 1 is 1.47 bits per heavy atom. The van der Waals surface area contributed by atoms with Gasteiger partial charge in [-0.05, 0) is 43.9 Å². The third kappa shape index (κ3) is 2.68. The van der Waals surface area contributed by atoms with E-state index in [9.17, 15) is 0 Å². The smallest absolute Gasteiger partial charge is 0.171 e. The van der Waals surface area contributed by atoms with Gasteiger partial charge in [-0.1, -0.05) is 6.92 Å². The van der Waals surface area contributed by atoms with E-state index in [-0.39, 0.29) is 0 Å². The SMILES string of the molecule is CCCOc1cccnc1N1CC2CCCNC2C1. The molecule has 3 rings (SSSR count). The first-order valence-electron chi connectivity index (χ1n) is 7.44. The summed E-state index contributed by atoms with van der Waals surface area (Å²) in [6.45, 7) is 6.22. The van der Waals surface area contributed by atoms with Crippen LogP contribution in [0, 0.1) is 5.92 Å². The molecule has 1 aromatic heterocycles. The van der Waals surface area contributed by atoms with Gasteiger partial charge in [0.25, 0.3) is 0 Å². The van der Waals surface area contributed by atoms with E-state index in [0.717, 1.165) is 50.1 Å². The fraction of sp³-hybridized carbons (Fsp3) is 0.667. The van der Waals surface area contributed by atoms with E-state index in [2.05, 4.69) is 22.1 Å². The van der Waals surface area contributed by atoms with Crippen molar-refractivity contribution >= 4 is 5.82 Å². The van der Waals surface area contributed by atoms with Crippen LogP contribution < -0.4 is 15.0 Å². The quantitative estimate of drug-likeness (QED) is 0.900. The number of piperidine rings is 1. The van der Waals surface area contributed by atoms with Gasteiger partial charge in [-0.2, -0.15) is 0 Å². The van der Waals surface area contributed by atoms with Gasteiger partial charge in [0.15, 0.2) is 11.6 Å². The Balaban J connectivity index is 1.75. The number of hydrogen-bond acceptors (Lipinski definition) is 4. The maximum atomic E-state index is 5.83. The first-order valence-corrected chi connectivity index (χ1v) is 7.44. The molecule has 0 amide bonds. The highest BCUT2D eigenvalue weighted by atomic mass is 16.5. The number of hydrogen-bond donors (Lipinski definition) is 1. The van der Waals surface area contributed by atoms with Crippen LogP contribution in [0.25, 0.3) is 0 Å². The Morgan fingerprint density at radius 2 is 2.42 bits per heavy atom. The highest BCUT2D eigenvalue weighted by Gasteiger charge is 2.35. The third-order valence-electron chi connectivity index (χ3n) is 4.11. The van der Waals surface area contributed by atoms with Crippen LogP contribution in [-0.4, -0.2) is 37.3 Å². The van der Waals surface area contributed by atoms with Crippen molar-refractivity contribution in [3.8, 4) is 5.75 Å². The molecule has 0 aromatic carbocycles. The average molecular weight is 261 g/mol. The van der Waals surface area contributed by atoms with Crippen LogP contribution in [0.2, 0.25) is 0 Å². The first kappa shape index (κ1) is 12.7. The molecule has 4 nitrogen and oxygen atoms in total. The van der Waals surface area contributed by atoms with Crippen molar-refractivity contribution in [1.29, 1.82) is 0 Å². The minimum Gasteiger partial charge on any atom is -0.490 e. The van der Waals surface area contributed by atoms with Gasteiger partial charge >= 0.3 is 0 Å². The number of pyridine rings is 1. The second-order valence-electron chi connectivity index (χ2n) is 5.54. The molecule has 2 atom stereocenters. The average Bonchev–Trinajstić information content (AvgIpc) is 2.89. The molecule has 3 heterocycles. The van der Waals surface area contributed by atoms with Gasteiger partial charge in [-0.15, -0.1) is 0 Å². The Hall–Kier alpha value is -1.29. The Labute approximate surface area is 115 Å². The summed E-state index contributed by atoms with van der Waals surface area (Å²) in [7, 11) is 0. The van der Waals surface area contributed by atoms with E-state index in [4.69, 9.17) is 4.74 Å². The van der Waals surface area contributed by atoms with Gasteiger partial charge in [0.05, 0.1) is 6.61 Å². The van der Waals surface area contributed by atoms with Crippen molar-refractivity contribution < 1.29 is 4.74 Å². The summed E-state index contributed by atoms with van der Waals surface area (Å²) in [5.74, 6) is 2.73. The number of fused-ring (bicyclic) bond motifs is 1. The number of anilines is 1. The molecule has 0 saturated carbocycles. The fourth-order valence-electron chi connectivity index (χ4n) is 3.16. The molecule has 0 aliphatic carbocycles. The van der Waals surface area contributed by atoms with Gasteiger partial charge < -0.3 is 15.0 Å². The molecule has 2 aliphatic heterocycles. The molecular weight excluding hydrogens is 238 g/mol. The van der Waals surface area contributed by atoms with Crippen LogP contribution in [0.4, 0.5) is 5.82 Å². The molecule has 1 N–H and O–H groups in total. The number of rotatable bonds is 4. The standard InChI is InChI=1S/C15H23N3O/c1-2-9-19-14-6-4-8-17-15(14)18-10-12-5-3-7-16-13(12)11-18/h4,6,8,12-13,16H,2-3,5,7,9-11H2,1H3. The maximum absolute atomic E-state index is 5.83. The lowest BCUT2D eigenvalue weighted by atomic mass is 9.94. The highest BCUT2D eigenvalue weighted by molar-refractivity contribution is 5.53. The molecule has 0 radical (unpaired) electrons. The van der Waals surface area contributed by atoms with Crippen molar-refractivity contribution in [2.24, 2.45) is 5.92 Å². The zero-order valence-corrected chi connectivity index (χ0v) is 11.6. The van der Waals surface area contributed by atoms with Crippen molar-refractivity contribution in [1.82, 2.24) is 10.3 Å². The van der Waals surface area contributed by atoms with Gasteiger partial charge in [0.1, 0.15) is 0 Å². The summed E-state index contributed by atoms with van der Waals surface area (Å²) in [6, 6.07) is 4.62. The van der Waals surface area contributed by atoms with Crippen LogP contribution in [0.3, 0.4) is 0 Å². The summed E-state index contributed by atoms with van der Waals surface area (Å²) in [6.07, 6.45) is 5.53. The Morgan fingerprint density at radius 3 is 3.26 bits per heavy atom. The number of nitrogens with one attached hydrogen (secondary N) is 1. The summed E-state index contributed by atoms with van der Waals surface area (Å²) < 4.78 is 5.83. The third-order valence-corrected chi connectivity index (χ3v) is 4.11. The normalized spacial score (nSPS) is 26.3. The van der Waals surface area contributed by atoms with Crippen LogP contribution in [0.5, 0.6) is 5.75 Å². The van der Waals surface area contributed by atoms with Gasteiger partial charge in [0, 0.05) is 25.3 Å². The molecule has 1 aromatic rings. The number of ether oxygens (including phenoxy) is 1. The van der Waals surface area contributed by atoms with Gasteiger partial charge in [-0.3, -0.25) is 0 Å². The maximum Gasteiger partial charge on any atom is 0.171 e. The summed E-state index contributed by atoms with van der Waals surface area (Å²) in [5, 5.41) is 3.63. The molecule has 4 heteroatoms. The highest BCUT2D eigenvalue weighted by Crippen LogP contribution is 2.32. The second-order valence-corrected chi connectivity index (χ2v) is 5.54. The van der Waals surface area contributed by atoms with Gasteiger partial charge in [0.2, 0.25) is 0 Å². The summed E-state index contributed by atoms with van der Waals surface area (Å²) in [5.41, 5.74) is 0. The van der Waals surface area contributed by atoms with E-state index in [1.807, 2.05) is 18.3 Å². The van der Waals surface area contributed by atoms with Crippen LogP contribution in [-0.2, 0) is 0 Å². The first-order chi connectivity index (χ1) is 9.38. The summed E-state index contributed by atoms with van der Waals surface area (Å²) >= 11 is 0. The van der Waals surface area contributed by atoms with Crippen LogP contribution >= 0.6 is 0 Å². The predicted octanol–water partition coefficient (Wildman–Crippen LogP) is 2.06. The molecule has 19 heavy (non-hydrogen) atoms. The second kappa shape index (κ2) is 5.78. The van der Waals surface area contributed by atoms with E-state index in [1.165, 1.54) is 12.8 Å². The van der Waals surface area contributed by atoms with E-state index in [1.54, 1.807) is 0 Å². The van der Waals surface area contributed by atoms with E-state index in [0.29, 0.717) is 6.04 Å². The van der Waals surface area contributed by atoms with Crippen molar-refractivity contribution in [3.63, 3.8) is 0 Å². The predicted molar refractivity (Wildman–Crippen MR) is 76.8 cm³/mol. The lowest BCUT2D eigenvalue weighted by molar-refractivity contribution is 0.316. The van der Waals surface area contributed by atoms with Crippen molar-refractivity contribution in [2.45, 2.75) is 32.2 Å². The number of nitrogens with zero attached hydrogens (tertiary/aromatic N) is 2. The monoisotopic (exact) mass is 261 g/mol. The largest absolute Gasteiger partial charge is 0.490 e. The minimum atomic E-state index is 0.634. The van der Waals surface area contributed by atoms with Crippen LogP contribution in [0.1, 0.15) is 26.2 Å². The molecule has 0 spiro atoms. The molecule has 2 aliphatic rings. The van der Waals surface area contributed by atoms with Crippen LogP contribution in [0.15, 0.2) is 18.3 Å². The lowest BCUT2D eigenvalue weighted by Crippen LogP contribution is -2.40. The molecule has 104 valence electrons. The van der Waals surface area contributed by atoms with Gasteiger partial charge in [-0.25, -0.2) is 4.98 Å². The summed E-state index contributed by atoms with van der Waals surface area (Å²) in [4.78, 5) is 6.93. The number of aromatic nitrogens is 1. The molecule has 0 bridgehead atoms. The molecule has 2 unspecified atom stereocenters. The lowest BCUT2D eigenvalue weighted by Gasteiger charge is -2.24. The zero-order valence-electron chi connectivity index (χ0n) is 11.6. The minimum absolute atomic E-state index is 0.634. The van der Waals surface area contributed by atoms with E-state index >= 15 is 0 Å². The van der Waals surface area contributed by atoms with E-state index < -0.39 is 0 Å². The topological polar surface area (TPSA) is 37.4 Å². The fourth-order valence-corrected chi connectivity index (χ4v) is 3.16. The van der Waals surface area contributed by atoms with Crippen molar-refractivity contribution in [2.75, 3.05) is 31.1 Å². The zero-order chi connectivity index (χ0) is 13.1. The molecule has 2 fully saturated rings. The molecular formula is C15H23N3O.